The van der Waals surface area contributed by atoms with Gasteiger partial charge < -0.3 is 19.2 Å². The van der Waals surface area contributed by atoms with Gasteiger partial charge in [-0.25, -0.2) is 0 Å². The summed E-state index contributed by atoms with van der Waals surface area (Å²) in [5, 5.41) is 9.61. The standard InChI is InChI=1S/C16H13N3O4/c20-16(10-3-1-4-13-15(10)23-8-7-22-13)17-14-9-11(18-19-14)12-5-2-6-21-12/h1-6,9H,7-8H2,(H2,17,18,19,20). The summed E-state index contributed by atoms with van der Waals surface area (Å²) in [5.41, 5.74) is 1.09. The van der Waals surface area contributed by atoms with Crippen molar-refractivity contribution in [3.63, 3.8) is 0 Å². The van der Waals surface area contributed by atoms with Crippen LogP contribution in [0.5, 0.6) is 11.5 Å². The molecule has 116 valence electrons. The highest BCUT2D eigenvalue weighted by atomic mass is 16.6. The number of furan rings is 1. The number of para-hydroxylation sites is 1. The van der Waals surface area contributed by atoms with Gasteiger partial charge in [-0.15, -0.1) is 0 Å². The largest absolute Gasteiger partial charge is 0.486 e. The molecular formula is C16H13N3O4. The molecule has 0 unspecified atom stereocenters. The van der Waals surface area contributed by atoms with Crippen LogP contribution < -0.4 is 14.8 Å². The van der Waals surface area contributed by atoms with E-state index in [1.807, 2.05) is 0 Å². The van der Waals surface area contributed by atoms with Crippen LogP contribution in [0.2, 0.25) is 0 Å². The van der Waals surface area contributed by atoms with Crippen LogP contribution in [0.1, 0.15) is 10.4 Å². The van der Waals surface area contributed by atoms with E-state index in [9.17, 15) is 4.79 Å². The van der Waals surface area contributed by atoms with Gasteiger partial charge in [-0.2, -0.15) is 5.10 Å². The second-order valence-electron chi connectivity index (χ2n) is 4.93. The molecule has 2 aromatic heterocycles. The Labute approximate surface area is 131 Å². The fraction of sp³-hybridized carbons (Fsp3) is 0.125. The Balaban J connectivity index is 1.57. The van der Waals surface area contributed by atoms with Crippen LogP contribution in [0, 0.1) is 0 Å². The zero-order valence-electron chi connectivity index (χ0n) is 12.0. The number of fused-ring (bicyclic) bond motifs is 1. The zero-order chi connectivity index (χ0) is 15.6. The molecule has 1 aliphatic rings. The first-order chi connectivity index (χ1) is 11.3. The van der Waals surface area contributed by atoms with E-state index in [4.69, 9.17) is 13.9 Å². The molecule has 2 N–H and O–H groups in total. The Bertz CT molecular complexity index is 839. The predicted molar refractivity (Wildman–Crippen MR) is 81.7 cm³/mol. The summed E-state index contributed by atoms with van der Waals surface area (Å²) in [6, 6.07) is 10.5. The number of nitrogens with one attached hydrogen (secondary N) is 2. The maximum Gasteiger partial charge on any atom is 0.260 e. The molecule has 23 heavy (non-hydrogen) atoms. The van der Waals surface area contributed by atoms with Gasteiger partial charge in [-0.1, -0.05) is 6.07 Å². The molecule has 1 aromatic carbocycles. The summed E-state index contributed by atoms with van der Waals surface area (Å²) in [5.74, 6) is 1.76. The number of aromatic amines is 1. The second kappa shape index (κ2) is 5.53. The monoisotopic (exact) mass is 311 g/mol. The van der Waals surface area contributed by atoms with E-state index in [1.165, 1.54) is 0 Å². The summed E-state index contributed by atoms with van der Waals surface area (Å²) < 4.78 is 16.3. The molecule has 0 bridgehead atoms. The van der Waals surface area contributed by atoms with E-state index < -0.39 is 0 Å². The van der Waals surface area contributed by atoms with Crippen LogP contribution >= 0.6 is 0 Å². The molecule has 0 radical (unpaired) electrons. The maximum absolute atomic E-state index is 12.5. The smallest absolute Gasteiger partial charge is 0.260 e. The molecule has 0 atom stereocenters. The first-order valence-corrected chi connectivity index (χ1v) is 7.10. The number of hydrogen-bond donors (Lipinski definition) is 2. The van der Waals surface area contributed by atoms with Crippen LogP contribution in [0.4, 0.5) is 5.82 Å². The third-order valence-electron chi connectivity index (χ3n) is 3.42. The summed E-state index contributed by atoms with van der Waals surface area (Å²) in [7, 11) is 0. The van der Waals surface area contributed by atoms with Gasteiger partial charge in [-0.05, 0) is 24.3 Å². The number of hydrogen-bond acceptors (Lipinski definition) is 5. The fourth-order valence-corrected chi connectivity index (χ4v) is 2.38. The summed E-state index contributed by atoms with van der Waals surface area (Å²) in [6.07, 6.45) is 1.57. The van der Waals surface area contributed by atoms with Crippen molar-refractivity contribution in [3.8, 4) is 23.0 Å². The molecule has 1 amide bonds. The van der Waals surface area contributed by atoms with Gasteiger partial charge in [0.05, 0.1) is 11.8 Å². The van der Waals surface area contributed by atoms with Gasteiger partial charge >= 0.3 is 0 Å². The number of nitrogens with zero attached hydrogens (tertiary/aromatic N) is 1. The molecule has 0 aliphatic carbocycles. The van der Waals surface area contributed by atoms with E-state index >= 15 is 0 Å². The number of ether oxygens (including phenoxy) is 2. The lowest BCUT2D eigenvalue weighted by molar-refractivity contribution is 0.101. The van der Waals surface area contributed by atoms with Crippen molar-refractivity contribution < 1.29 is 18.7 Å². The summed E-state index contributed by atoms with van der Waals surface area (Å²) >= 11 is 0. The molecule has 7 nitrogen and oxygen atoms in total. The summed E-state index contributed by atoms with van der Waals surface area (Å²) in [4.78, 5) is 12.5. The van der Waals surface area contributed by atoms with Crippen molar-refractivity contribution in [2.75, 3.05) is 18.5 Å². The molecule has 0 saturated heterocycles. The topological polar surface area (TPSA) is 89.4 Å². The van der Waals surface area contributed by atoms with Crippen LogP contribution in [-0.2, 0) is 0 Å². The highest BCUT2D eigenvalue weighted by molar-refractivity contribution is 6.06. The Kier molecular flexibility index (Phi) is 3.23. The highest BCUT2D eigenvalue weighted by Crippen LogP contribution is 2.34. The number of carbonyl (C=O) groups excluding carboxylic acids is 1. The molecule has 3 heterocycles. The van der Waals surface area contributed by atoms with Crippen LogP contribution in [-0.4, -0.2) is 29.3 Å². The number of anilines is 1. The minimum absolute atomic E-state index is 0.315. The quantitative estimate of drug-likeness (QED) is 0.776. The van der Waals surface area contributed by atoms with Crippen molar-refractivity contribution in [3.05, 3.63) is 48.2 Å². The molecule has 3 aromatic rings. The van der Waals surface area contributed by atoms with Gasteiger partial charge in [0.25, 0.3) is 5.91 Å². The number of benzene rings is 1. The zero-order valence-corrected chi connectivity index (χ0v) is 12.0. The number of aromatic nitrogens is 2. The minimum Gasteiger partial charge on any atom is -0.486 e. The number of amides is 1. The van der Waals surface area contributed by atoms with E-state index in [2.05, 4.69) is 15.5 Å². The van der Waals surface area contributed by atoms with Gasteiger partial charge in [0, 0.05) is 6.07 Å². The average molecular weight is 311 g/mol. The van der Waals surface area contributed by atoms with Crippen molar-refractivity contribution in [2.24, 2.45) is 0 Å². The van der Waals surface area contributed by atoms with Crippen LogP contribution in [0.3, 0.4) is 0 Å². The van der Waals surface area contributed by atoms with Crippen molar-refractivity contribution in [2.45, 2.75) is 0 Å². The Hall–Kier alpha value is -3.22. The van der Waals surface area contributed by atoms with Crippen LogP contribution in [0.25, 0.3) is 11.5 Å². The number of H-pyrrole nitrogens is 1. The first kappa shape index (κ1) is 13.4. The van der Waals surface area contributed by atoms with E-state index in [0.717, 1.165) is 0 Å². The SMILES string of the molecule is O=C(Nc1cc(-c2ccco2)[nH]n1)c1cccc2c1OCCO2. The fourth-order valence-electron chi connectivity index (χ4n) is 2.38. The molecular weight excluding hydrogens is 298 g/mol. The molecule has 1 aliphatic heterocycles. The van der Waals surface area contributed by atoms with Gasteiger partial charge in [-0.3, -0.25) is 9.89 Å². The van der Waals surface area contributed by atoms with Gasteiger partial charge in [0.1, 0.15) is 18.9 Å². The first-order valence-electron chi connectivity index (χ1n) is 7.10. The maximum atomic E-state index is 12.5. The van der Waals surface area contributed by atoms with E-state index in [1.54, 1.807) is 42.7 Å². The lowest BCUT2D eigenvalue weighted by atomic mass is 10.1. The predicted octanol–water partition coefficient (Wildman–Crippen LogP) is 2.69. The minimum atomic E-state index is -0.315. The van der Waals surface area contributed by atoms with Crippen molar-refractivity contribution in [1.82, 2.24) is 10.2 Å². The molecule has 4 rings (SSSR count). The molecule has 7 heteroatoms. The Morgan fingerprint density at radius 1 is 1.17 bits per heavy atom. The Morgan fingerprint density at radius 3 is 2.96 bits per heavy atom. The third kappa shape index (κ3) is 2.52. The molecule has 0 fully saturated rings. The van der Waals surface area contributed by atoms with Gasteiger partial charge in [0.2, 0.25) is 0 Å². The third-order valence-corrected chi connectivity index (χ3v) is 3.42. The molecule has 0 spiro atoms. The van der Waals surface area contributed by atoms with Crippen LogP contribution in [0.15, 0.2) is 47.1 Å². The lowest BCUT2D eigenvalue weighted by Gasteiger charge is -2.20. The molecule has 0 saturated carbocycles. The Morgan fingerprint density at radius 2 is 2.09 bits per heavy atom. The van der Waals surface area contributed by atoms with Crippen molar-refractivity contribution >= 4 is 11.7 Å². The second-order valence-corrected chi connectivity index (χ2v) is 4.93. The normalized spacial score (nSPS) is 12.9. The number of carbonyl (C=O) groups is 1. The number of rotatable bonds is 3. The average Bonchev–Trinajstić information content (AvgIpc) is 3.25. The lowest BCUT2D eigenvalue weighted by Crippen LogP contribution is -2.20. The van der Waals surface area contributed by atoms with E-state index in [0.29, 0.717) is 47.5 Å². The highest BCUT2D eigenvalue weighted by Gasteiger charge is 2.21. The van der Waals surface area contributed by atoms with E-state index in [-0.39, 0.29) is 5.91 Å². The summed E-state index contributed by atoms with van der Waals surface area (Å²) in [6.45, 7) is 0.895. The van der Waals surface area contributed by atoms with Crippen molar-refractivity contribution in [1.29, 1.82) is 0 Å². The van der Waals surface area contributed by atoms with Gasteiger partial charge in [0.15, 0.2) is 23.1 Å².